The quantitative estimate of drug-likeness (QED) is 0.730. The second-order valence-electron chi connectivity index (χ2n) is 3.16. The van der Waals surface area contributed by atoms with Crippen molar-refractivity contribution in [3.63, 3.8) is 0 Å². The second-order valence-corrected chi connectivity index (χ2v) is 4.23. The maximum atomic E-state index is 11.1. The molecule has 1 amide bonds. The molecule has 86 valence electrons. The Morgan fingerprint density at radius 3 is 2.80 bits per heavy atom. The maximum Gasteiger partial charge on any atom is 0.407 e. The molecule has 0 bridgehead atoms. The molecule has 0 spiro atoms. The number of nitrogens with one attached hydrogen (secondary N) is 1. The Hall–Kier alpha value is -0.910. The van der Waals surface area contributed by atoms with E-state index in [4.69, 9.17) is 9.47 Å². The minimum Gasteiger partial charge on any atom is -0.459 e. The van der Waals surface area contributed by atoms with Gasteiger partial charge < -0.3 is 14.8 Å². The van der Waals surface area contributed by atoms with Gasteiger partial charge in [0.25, 0.3) is 0 Å². The van der Waals surface area contributed by atoms with E-state index in [1.54, 1.807) is 18.7 Å². The van der Waals surface area contributed by atoms with Gasteiger partial charge in [-0.25, -0.2) is 4.79 Å². The summed E-state index contributed by atoms with van der Waals surface area (Å²) in [6.07, 6.45) is -0.695. The molecule has 1 aliphatic heterocycles. The van der Waals surface area contributed by atoms with E-state index in [1.165, 1.54) is 6.92 Å². The molecule has 15 heavy (non-hydrogen) atoms. The van der Waals surface area contributed by atoms with Crippen LogP contribution >= 0.6 is 11.8 Å². The summed E-state index contributed by atoms with van der Waals surface area (Å²) in [4.78, 5) is 21.9. The first-order chi connectivity index (χ1) is 7.13. The van der Waals surface area contributed by atoms with Gasteiger partial charge in [-0.15, -0.1) is 0 Å². The lowest BCUT2D eigenvalue weighted by molar-refractivity contribution is -0.146. The Kier molecular flexibility index (Phi) is 4.74. The van der Waals surface area contributed by atoms with E-state index in [1.807, 2.05) is 0 Å². The largest absolute Gasteiger partial charge is 0.459 e. The maximum absolute atomic E-state index is 11.1. The van der Waals surface area contributed by atoms with Crippen LogP contribution in [0.2, 0.25) is 0 Å². The van der Waals surface area contributed by atoms with Gasteiger partial charge in [-0.1, -0.05) is 0 Å². The van der Waals surface area contributed by atoms with E-state index in [9.17, 15) is 9.59 Å². The van der Waals surface area contributed by atoms with Crippen molar-refractivity contribution < 1.29 is 19.1 Å². The fourth-order valence-corrected chi connectivity index (χ4v) is 2.54. The van der Waals surface area contributed by atoms with Crippen LogP contribution in [0.25, 0.3) is 0 Å². The lowest BCUT2D eigenvalue weighted by Gasteiger charge is -2.19. The molecule has 0 radical (unpaired) electrons. The van der Waals surface area contributed by atoms with Gasteiger partial charge in [-0.2, -0.15) is 11.8 Å². The van der Waals surface area contributed by atoms with Crippen molar-refractivity contribution in [3.05, 3.63) is 0 Å². The number of alkyl carbamates (subject to hydrolysis) is 1. The van der Waals surface area contributed by atoms with E-state index in [0.29, 0.717) is 6.61 Å². The molecule has 1 fully saturated rings. The third-order valence-electron chi connectivity index (χ3n) is 1.92. The average Bonchev–Trinajstić information content (AvgIpc) is 2.52. The van der Waals surface area contributed by atoms with Crippen LogP contribution in [0.3, 0.4) is 0 Å². The molecule has 6 heteroatoms. The highest BCUT2D eigenvalue weighted by atomic mass is 32.2. The highest BCUT2D eigenvalue weighted by Crippen LogP contribution is 2.21. The Labute approximate surface area is 92.9 Å². The predicted molar refractivity (Wildman–Crippen MR) is 56.8 cm³/mol. The minimum atomic E-state index is -0.456. The Bertz CT molecular complexity index is 246. The van der Waals surface area contributed by atoms with E-state index >= 15 is 0 Å². The van der Waals surface area contributed by atoms with Gasteiger partial charge in [0, 0.05) is 18.4 Å². The lowest BCUT2D eigenvalue weighted by Crippen LogP contribution is -2.44. The highest BCUT2D eigenvalue weighted by molar-refractivity contribution is 7.99. The standard InChI is InChI=1S/C9H15NO4S/c1-3-13-9(12)10-7-4-15-5-8(7)14-6(2)11/h7-8H,3-5H2,1-2H3,(H,10,12). The number of carbonyl (C=O) groups excluding carboxylic acids is 2. The smallest absolute Gasteiger partial charge is 0.407 e. The number of hydrogen-bond acceptors (Lipinski definition) is 5. The summed E-state index contributed by atoms with van der Waals surface area (Å²) >= 11 is 1.64. The first kappa shape index (κ1) is 12.2. The molecule has 1 N–H and O–H groups in total. The summed E-state index contributed by atoms with van der Waals surface area (Å²) in [5.74, 6) is 1.14. The third-order valence-corrected chi connectivity index (χ3v) is 3.08. The average molecular weight is 233 g/mol. The highest BCUT2D eigenvalue weighted by Gasteiger charge is 2.31. The summed E-state index contributed by atoms with van der Waals surface area (Å²) in [6.45, 7) is 3.45. The zero-order chi connectivity index (χ0) is 11.3. The molecule has 0 aromatic carbocycles. The molecule has 2 unspecified atom stereocenters. The summed E-state index contributed by atoms with van der Waals surface area (Å²) < 4.78 is 9.83. The van der Waals surface area contributed by atoms with Crippen LogP contribution in [-0.4, -0.2) is 42.3 Å². The van der Waals surface area contributed by atoms with Crippen LogP contribution in [0.15, 0.2) is 0 Å². The van der Waals surface area contributed by atoms with Crippen LogP contribution < -0.4 is 5.32 Å². The van der Waals surface area contributed by atoms with Crippen LogP contribution in [0.5, 0.6) is 0 Å². The van der Waals surface area contributed by atoms with Crippen LogP contribution in [0.4, 0.5) is 4.79 Å². The molecule has 0 saturated carbocycles. The van der Waals surface area contributed by atoms with Crippen molar-refractivity contribution in [3.8, 4) is 0 Å². The molecule has 2 atom stereocenters. The molecule has 1 saturated heterocycles. The van der Waals surface area contributed by atoms with Gasteiger partial charge in [0.2, 0.25) is 0 Å². The zero-order valence-electron chi connectivity index (χ0n) is 8.82. The van der Waals surface area contributed by atoms with Crippen LogP contribution in [-0.2, 0) is 14.3 Å². The number of rotatable bonds is 3. The van der Waals surface area contributed by atoms with Crippen LogP contribution in [0, 0.1) is 0 Å². The van der Waals surface area contributed by atoms with Crippen molar-refractivity contribution in [2.45, 2.75) is 26.0 Å². The van der Waals surface area contributed by atoms with Crippen LogP contribution in [0.1, 0.15) is 13.8 Å². The summed E-state index contributed by atoms with van der Waals surface area (Å²) in [7, 11) is 0. The Balaban J connectivity index is 2.39. The van der Waals surface area contributed by atoms with E-state index in [0.717, 1.165) is 11.5 Å². The second kappa shape index (κ2) is 5.85. The predicted octanol–water partition coefficient (Wildman–Crippen LogP) is 0.780. The van der Waals surface area contributed by atoms with Crippen molar-refractivity contribution in [2.75, 3.05) is 18.1 Å². The zero-order valence-corrected chi connectivity index (χ0v) is 9.63. The number of thioether (sulfide) groups is 1. The Morgan fingerprint density at radius 2 is 2.20 bits per heavy atom. The van der Waals surface area contributed by atoms with E-state index < -0.39 is 6.09 Å². The number of amides is 1. The van der Waals surface area contributed by atoms with Gasteiger partial charge in [0.15, 0.2) is 0 Å². The van der Waals surface area contributed by atoms with Crippen molar-refractivity contribution in [2.24, 2.45) is 0 Å². The summed E-state index contributed by atoms with van der Waals surface area (Å²) in [5.41, 5.74) is 0. The van der Waals surface area contributed by atoms with Crippen molar-refractivity contribution in [1.29, 1.82) is 0 Å². The molecule has 1 rings (SSSR count). The monoisotopic (exact) mass is 233 g/mol. The van der Waals surface area contributed by atoms with Crippen molar-refractivity contribution in [1.82, 2.24) is 5.32 Å². The summed E-state index contributed by atoms with van der Waals surface area (Å²) in [6, 6.07) is -0.141. The minimum absolute atomic E-state index is 0.141. The molecule has 0 aliphatic carbocycles. The first-order valence-electron chi connectivity index (χ1n) is 4.81. The van der Waals surface area contributed by atoms with Gasteiger partial charge in [0.05, 0.1) is 12.6 Å². The Morgan fingerprint density at radius 1 is 1.47 bits per heavy atom. The molecule has 0 aromatic heterocycles. The van der Waals surface area contributed by atoms with Crippen molar-refractivity contribution >= 4 is 23.8 Å². The molecular formula is C9H15NO4S. The van der Waals surface area contributed by atoms with Gasteiger partial charge in [0.1, 0.15) is 6.10 Å². The van der Waals surface area contributed by atoms with Gasteiger partial charge in [-0.05, 0) is 6.92 Å². The number of esters is 1. The van der Waals surface area contributed by atoms with E-state index in [2.05, 4.69) is 5.32 Å². The molecular weight excluding hydrogens is 218 g/mol. The van der Waals surface area contributed by atoms with Gasteiger partial charge in [-0.3, -0.25) is 4.79 Å². The third kappa shape index (κ3) is 3.99. The fourth-order valence-electron chi connectivity index (χ4n) is 1.32. The molecule has 0 aromatic rings. The number of hydrogen-bond donors (Lipinski definition) is 1. The molecule has 5 nitrogen and oxygen atoms in total. The van der Waals surface area contributed by atoms with E-state index in [-0.39, 0.29) is 18.1 Å². The first-order valence-corrected chi connectivity index (χ1v) is 5.97. The topological polar surface area (TPSA) is 64.6 Å². The lowest BCUT2D eigenvalue weighted by atomic mass is 10.2. The fraction of sp³-hybridized carbons (Fsp3) is 0.778. The SMILES string of the molecule is CCOC(=O)NC1CSCC1OC(C)=O. The number of ether oxygens (including phenoxy) is 2. The number of carbonyl (C=O) groups is 2. The molecule has 1 heterocycles. The normalized spacial score (nSPS) is 24.7. The molecule has 1 aliphatic rings. The van der Waals surface area contributed by atoms with Gasteiger partial charge >= 0.3 is 12.1 Å². The summed E-state index contributed by atoms with van der Waals surface area (Å²) in [5, 5.41) is 2.68.